The van der Waals surface area contributed by atoms with Gasteiger partial charge in [-0.2, -0.15) is 10.0 Å². The number of imide groups is 2. The molecule has 45 heavy (non-hydrogen) atoms. The predicted octanol–water partition coefficient (Wildman–Crippen LogP) is 1.90. The van der Waals surface area contributed by atoms with E-state index in [0.717, 1.165) is 16.6 Å². The van der Waals surface area contributed by atoms with Crippen LogP contribution < -0.4 is 0 Å². The van der Waals surface area contributed by atoms with E-state index in [4.69, 9.17) is 32.7 Å². The SMILES string of the molecule is CC(=O)OC(C)=O.CC1CO1.CN1C(=O)C=CC1=O.CN=C=O.CN=C=S.CON1C(=O)CCC1=O.Cc1nc(Cl)nc(Cl)n1. The lowest BCUT2D eigenvalue weighted by Crippen LogP contribution is -2.27. The number of aryl methyl sites for hydroxylation is 1. The smallest absolute Gasteiger partial charge is 0.310 e. The molecule has 1 aromatic rings. The zero-order chi connectivity index (χ0) is 35.5. The molecular weight excluding hydrogens is 661 g/mol. The highest BCUT2D eigenvalue weighted by Gasteiger charge is 2.28. The number of aliphatic imine (C=N–C) groups is 2. The number of carbonyl (C=O) groups is 6. The Morgan fingerprint density at radius 3 is 1.47 bits per heavy atom. The van der Waals surface area contributed by atoms with Crippen LogP contribution in [0.5, 0.6) is 0 Å². The van der Waals surface area contributed by atoms with E-state index in [1.165, 1.54) is 53.3 Å². The predicted molar refractivity (Wildman–Crippen MR) is 162 cm³/mol. The van der Waals surface area contributed by atoms with Gasteiger partial charge in [-0.3, -0.25) is 38.5 Å². The monoisotopic (exact) mass is 693 g/mol. The summed E-state index contributed by atoms with van der Waals surface area (Å²) in [4.78, 5) is 93.2. The van der Waals surface area contributed by atoms with Gasteiger partial charge in [0, 0.05) is 60.0 Å². The van der Waals surface area contributed by atoms with E-state index in [1.807, 2.05) is 0 Å². The molecule has 1 aromatic heterocycles. The van der Waals surface area contributed by atoms with E-state index in [9.17, 15) is 28.8 Å². The van der Waals surface area contributed by atoms with Crippen LogP contribution in [-0.2, 0) is 47.9 Å². The average Bonchev–Trinajstić information content (AvgIpc) is 3.61. The Labute approximate surface area is 274 Å². The number of hydroxylamine groups is 2. The third-order valence-corrected chi connectivity index (χ3v) is 4.40. The first-order chi connectivity index (χ1) is 21.0. The second-order valence-electron chi connectivity index (χ2n) is 7.61. The van der Waals surface area contributed by atoms with Crippen molar-refractivity contribution in [1.82, 2.24) is 24.9 Å². The molecule has 0 N–H and O–H groups in total. The van der Waals surface area contributed by atoms with Gasteiger partial charge in [-0.25, -0.2) is 24.7 Å². The van der Waals surface area contributed by atoms with E-state index in [1.54, 1.807) is 14.0 Å². The molecule has 0 radical (unpaired) electrons. The second-order valence-corrected chi connectivity index (χ2v) is 8.47. The summed E-state index contributed by atoms with van der Waals surface area (Å²) < 4.78 is 8.68. The number of hydrogen-bond donors (Lipinski definition) is 0. The minimum Gasteiger partial charge on any atom is -0.394 e. The van der Waals surface area contributed by atoms with Gasteiger partial charge in [-0.15, -0.1) is 0 Å². The third kappa shape index (κ3) is 28.4. The maximum absolute atomic E-state index is 10.6. The molecule has 2 saturated heterocycles. The van der Waals surface area contributed by atoms with Gasteiger partial charge in [0.05, 0.1) is 25.0 Å². The number of amides is 4. The van der Waals surface area contributed by atoms with Crippen molar-refractivity contribution in [2.75, 3.05) is 34.9 Å². The van der Waals surface area contributed by atoms with Crippen molar-refractivity contribution in [3.8, 4) is 0 Å². The molecule has 20 heteroatoms. The number of hydrogen-bond acceptors (Lipinski definition) is 16. The van der Waals surface area contributed by atoms with Gasteiger partial charge >= 0.3 is 11.9 Å². The van der Waals surface area contributed by atoms with Crippen LogP contribution in [0.3, 0.4) is 0 Å². The van der Waals surface area contributed by atoms with Gasteiger partial charge < -0.3 is 9.47 Å². The molecule has 4 amide bonds. The minimum absolute atomic E-state index is 0.132. The number of rotatable bonds is 1. The van der Waals surface area contributed by atoms with Crippen LogP contribution >= 0.6 is 35.4 Å². The Hall–Kier alpha value is -4.15. The number of nitrogens with zero attached hydrogens (tertiary/aromatic N) is 7. The number of esters is 2. The van der Waals surface area contributed by atoms with Gasteiger partial charge in [0.2, 0.25) is 16.6 Å². The van der Waals surface area contributed by atoms with Crippen LogP contribution in [0.2, 0.25) is 10.6 Å². The Bertz CT molecular complexity index is 1170. The van der Waals surface area contributed by atoms with Gasteiger partial charge in [-0.05, 0) is 49.3 Å². The average molecular weight is 695 g/mol. The maximum Gasteiger partial charge on any atom is 0.310 e. The molecule has 4 rings (SSSR count). The summed E-state index contributed by atoms with van der Waals surface area (Å²) in [6, 6.07) is 0. The zero-order valence-electron chi connectivity index (χ0n) is 25.7. The molecule has 1 atom stereocenters. The molecule has 0 aliphatic carbocycles. The topological polar surface area (TPSA) is 220 Å². The third-order valence-electron chi connectivity index (χ3n) is 3.88. The summed E-state index contributed by atoms with van der Waals surface area (Å²) in [5.74, 6) is -1.57. The van der Waals surface area contributed by atoms with E-state index in [2.05, 4.69) is 58.8 Å². The van der Waals surface area contributed by atoms with E-state index in [0.29, 0.717) is 11.9 Å². The maximum atomic E-state index is 10.6. The van der Waals surface area contributed by atoms with Crippen LogP contribution in [0, 0.1) is 6.92 Å². The minimum atomic E-state index is -0.562. The lowest BCUT2D eigenvalue weighted by atomic mass is 10.4. The number of halogens is 2. The fourth-order valence-electron chi connectivity index (χ4n) is 1.95. The zero-order valence-corrected chi connectivity index (χ0v) is 28.1. The van der Waals surface area contributed by atoms with Crippen molar-refractivity contribution in [1.29, 1.82) is 0 Å². The number of ether oxygens (including phenoxy) is 2. The number of epoxide rings is 1. The van der Waals surface area contributed by atoms with Crippen molar-refractivity contribution < 1.29 is 47.9 Å². The van der Waals surface area contributed by atoms with E-state index < -0.39 is 11.9 Å². The lowest BCUT2D eigenvalue weighted by Gasteiger charge is -2.07. The molecule has 3 aliphatic heterocycles. The first kappa shape index (κ1) is 45.3. The molecule has 2 fully saturated rings. The van der Waals surface area contributed by atoms with Gasteiger partial charge in [0.15, 0.2) is 0 Å². The Morgan fingerprint density at radius 1 is 0.978 bits per heavy atom. The van der Waals surface area contributed by atoms with Crippen molar-refractivity contribution >= 4 is 82.2 Å². The molecule has 248 valence electrons. The molecule has 17 nitrogen and oxygen atoms in total. The van der Waals surface area contributed by atoms with Gasteiger partial charge in [-0.1, -0.05) is 0 Å². The number of likely N-dealkylation sites (N-methyl/N-ethyl adjacent to an activating group) is 1. The molecule has 0 aromatic carbocycles. The first-order valence-electron chi connectivity index (χ1n) is 12.2. The number of aromatic nitrogens is 3. The second kappa shape index (κ2) is 27.4. The van der Waals surface area contributed by atoms with E-state index in [-0.39, 0.29) is 47.0 Å². The van der Waals surface area contributed by atoms with Crippen LogP contribution in [0.15, 0.2) is 22.1 Å². The summed E-state index contributed by atoms with van der Waals surface area (Å²) in [5.41, 5.74) is 0. The summed E-state index contributed by atoms with van der Waals surface area (Å²) in [7, 11) is 5.73. The van der Waals surface area contributed by atoms with Crippen molar-refractivity contribution in [2.24, 2.45) is 9.98 Å². The van der Waals surface area contributed by atoms with E-state index >= 15 is 0 Å². The number of isothiocyanates is 1. The Balaban J connectivity index is -0.000000470. The Kier molecular flexibility index (Phi) is 27.6. The van der Waals surface area contributed by atoms with Crippen molar-refractivity contribution in [3.63, 3.8) is 0 Å². The lowest BCUT2D eigenvalue weighted by molar-refractivity contribution is -0.179. The molecule has 0 spiro atoms. The first-order valence-corrected chi connectivity index (χ1v) is 13.3. The largest absolute Gasteiger partial charge is 0.394 e. The van der Waals surface area contributed by atoms with Gasteiger partial charge in [0.25, 0.3) is 23.6 Å². The molecule has 0 saturated carbocycles. The highest BCUT2D eigenvalue weighted by Crippen LogP contribution is 2.10. The summed E-state index contributed by atoms with van der Waals surface area (Å²) in [5, 5.41) is 3.19. The standard InChI is InChI=1S/C5H7NO3.C5H5NO2.C4H3Cl2N3.C4H6O3.C3H6O.C2H3NO.C2H3NS/c1-9-6-4(7)2-3-5(6)8;1-6-4(7)2-3-5(6)8;1-2-7-3(5)9-4(6)8-2;1-3(5)7-4(2)6;1-3-2-4-3;2*1-3-2-4/h2-3H2,1H3;2-3H,1H3;1H3;1-2H3;3H,2H2,1H3;2*1H3. The van der Waals surface area contributed by atoms with Crippen LogP contribution in [0.4, 0.5) is 0 Å². The molecule has 3 aliphatic rings. The van der Waals surface area contributed by atoms with Crippen LogP contribution in [0.1, 0.15) is 39.4 Å². The molecular formula is C25H33Cl2N7O10S. The normalized spacial score (nSPS) is 14.6. The fraction of sp³-hybridized carbons (Fsp3) is 0.480. The number of isocyanates is 1. The molecule has 0 bridgehead atoms. The summed E-state index contributed by atoms with van der Waals surface area (Å²) in [6.07, 6.45) is 4.96. The summed E-state index contributed by atoms with van der Waals surface area (Å²) >= 11 is 14.9. The molecule has 4 heterocycles. The van der Waals surface area contributed by atoms with Crippen molar-refractivity contribution in [3.05, 3.63) is 28.5 Å². The van der Waals surface area contributed by atoms with Crippen LogP contribution in [0.25, 0.3) is 0 Å². The van der Waals surface area contributed by atoms with Crippen LogP contribution in [-0.4, -0.2) is 113 Å². The fourth-order valence-corrected chi connectivity index (χ4v) is 2.40. The quantitative estimate of drug-likeness (QED) is 0.0780. The van der Waals surface area contributed by atoms with Gasteiger partial charge in [0.1, 0.15) is 5.82 Å². The highest BCUT2D eigenvalue weighted by atomic mass is 35.5. The van der Waals surface area contributed by atoms with Crippen molar-refractivity contribution in [2.45, 2.75) is 46.6 Å². The number of carbonyl (C=O) groups excluding carboxylic acids is 7. The summed E-state index contributed by atoms with van der Waals surface area (Å²) in [6.45, 7) is 7.10. The molecule has 1 unspecified atom stereocenters. The highest BCUT2D eigenvalue weighted by molar-refractivity contribution is 7.78. The Morgan fingerprint density at radius 2 is 1.33 bits per heavy atom. The number of thiocarbonyl (C=S) groups is 1.